The Morgan fingerprint density at radius 3 is 1.41 bits per heavy atom. The number of hydrogen-bond acceptors (Lipinski definition) is 9. The van der Waals surface area contributed by atoms with E-state index in [1.165, 1.54) is 14.2 Å². The fourth-order valence-electron chi connectivity index (χ4n) is 2.85. The number of rotatable bonds is 9. The quantitative estimate of drug-likeness (QED) is 0.425. The first-order chi connectivity index (χ1) is 15.4. The number of halogens is 2. The van der Waals surface area contributed by atoms with Crippen molar-refractivity contribution in [3.05, 3.63) is 40.1 Å². The lowest BCUT2D eigenvalue weighted by molar-refractivity contribution is 0.405. The summed E-state index contributed by atoms with van der Waals surface area (Å²) >= 11 is 12.4. The van der Waals surface area contributed by atoms with Gasteiger partial charge in [-0.15, -0.1) is 0 Å². The fourth-order valence-corrected chi connectivity index (χ4v) is 3.31. The highest BCUT2D eigenvalue weighted by Gasteiger charge is 2.15. The molecular formula is C21H23Cl2N5O4. The van der Waals surface area contributed by atoms with Crippen LogP contribution in [-0.2, 0) is 6.42 Å². The van der Waals surface area contributed by atoms with Crippen molar-refractivity contribution in [3.63, 3.8) is 0 Å². The first-order valence-electron chi connectivity index (χ1n) is 9.54. The number of nitrogens with one attached hydrogen (secondary N) is 2. The topological polar surface area (TPSA) is 99.7 Å². The minimum Gasteiger partial charge on any atom is -0.495 e. The van der Waals surface area contributed by atoms with Gasteiger partial charge in [0.2, 0.25) is 11.9 Å². The lowest BCUT2D eigenvalue weighted by atomic mass is 10.2. The predicted molar refractivity (Wildman–Crippen MR) is 125 cm³/mol. The van der Waals surface area contributed by atoms with Crippen molar-refractivity contribution in [1.29, 1.82) is 0 Å². The van der Waals surface area contributed by atoms with Crippen LogP contribution < -0.4 is 29.6 Å². The van der Waals surface area contributed by atoms with E-state index in [0.717, 1.165) is 0 Å². The standard InChI is InChI=1S/C21H23Cl2N5O4/c1-6-19-26-20(24-13-9-15(29-2)11(22)7-17(13)31-4)28-21(27-19)25-14-10-16(30-3)12(23)8-18(14)32-5/h7-10H,6H2,1-5H3,(H2,24,25,26,27,28). The van der Waals surface area contributed by atoms with Gasteiger partial charge in [0.25, 0.3) is 0 Å². The van der Waals surface area contributed by atoms with Gasteiger partial charge in [-0.05, 0) is 0 Å². The largest absolute Gasteiger partial charge is 0.495 e. The van der Waals surface area contributed by atoms with E-state index in [1.54, 1.807) is 38.5 Å². The van der Waals surface area contributed by atoms with Gasteiger partial charge in [0.15, 0.2) is 0 Å². The third-order valence-electron chi connectivity index (χ3n) is 4.44. The van der Waals surface area contributed by atoms with Crippen LogP contribution in [0, 0.1) is 0 Å². The normalized spacial score (nSPS) is 10.5. The van der Waals surface area contributed by atoms with Crippen molar-refractivity contribution in [3.8, 4) is 23.0 Å². The maximum Gasteiger partial charge on any atom is 0.232 e. The molecule has 0 aliphatic rings. The summed E-state index contributed by atoms with van der Waals surface area (Å²) in [5.41, 5.74) is 1.16. The van der Waals surface area contributed by atoms with E-state index in [-0.39, 0.29) is 0 Å². The van der Waals surface area contributed by atoms with Crippen LogP contribution in [0.1, 0.15) is 12.7 Å². The SMILES string of the molecule is CCc1nc(Nc2cc(OC)c(Cl)cc2OC)nc(Nc2cc(OC)c(Cl)cc2OC)n1. The van der Waals surface area contributed by atoms with Crippen molar-refractivity contribution in [2.45, 2.75) is 13.3 Å². The van der Waals surface area contributed by atoms with E-state index in [4.69, 9.17) is 42.1 Å². The summed E-state index contributed by atoms with van der Waals surface area (Å²) in [6, 6.07) is 6.71. The number of methoxy groups -OCH3 is 4. The Morgan fingerprint density at radius 1 is 0.656 bits per heavy atom. The molecule has 1 heterocycles. The lowest BCUT2D eigenvalue weighted by Gasteiger charge is -2.15. The van der Waals surface area contributed by atoms with Crippen LogP contribution in [0.5, 0.6) is 23.0 Å². The first-order valence-corrected chi connectivity index (χ1v) is 10.3. The van der Waals surface area contributed by atoms with Crippen molar-refractivity contribution in [2.75, 3.05) is 39.1 Å². The number of nitrogens with zero attached hydrogens (tertiary/aromatic N) is 3. The highest BCUT2D eigenvalue weighted by molar-refractivity contribution is 6.32. The summed E-state index contributed by atoms with van der Waals surface area (Å²) in [5.74, 6) is 3.17. The monoisotopic (exact) mass is 479 g/mol. The molecule has 0 atom stereocenters. The summed E-state index contributed by atoms with van der Waals surface area (Å²) in [6.07, 6.45) is 0.591. The average Bonchev–Trinajstić information content (AvgIpc) is 2.80. The minimum absolute atomic E-state index is 0.307. The van der Waals surface area contributed by atoms with Crippen LogP contribution >= 0.6 is 23.2 Å². The maximum atomic E-state index is 6.20. The van der Waals surface area contributed by atoms with Crippen LogP contribution in [-0.4, -0.2) is 43.4 Å². The zero-order valence-corrected chi connectivity index (χ0v) is 19.8. The second kappa shape index (κ2) is 10.4. The number of ether oxygens (including phenoxy) is 4. The molecule has 9 nitrogen and oxygen atoms in total. The summed E-state index contributed by atoms with van der Waals surface area (Å²) < 4.78 is 21.4. The Bertz CT molecular complexity index is 1030. The van der Waals surface area contributed by atoms with E-state index in [9.17, 15) is 0 Å². The number of aromatic nitrogens is 3. The number of anilines is 4. The maximum absolute atomic E-state index is 6.20. The molecule has 170 valence electrons. The van der Waals surface area contributed by atoms with Crippen LogP contribution in [0.15, 0.2) is 24.3 Å². The molecular weight excluding hydrogens is 457 g/mol. The molecule has 2 aromatic carbocycles. The molecule has 3 rings (SSSR count). The number of hydrogen-bond donors (Lipinski definition) is 2. The fraction of sp³-hybridized carbons (Fsp3) is 0.286. The first kappa shape index (κ1) is 23.5. The van der Waals surface area contributed by atoms with E-state index >= 15 is 0 Å². The van der Waals surface area contributed by atoms with E-state index in [0.29, 0.717) is 68.6 Å². The van der Waals surface area contributed by atoms with Crippen molar-refractivity contribution in [2.24, 2.45) is 0 Å². The Labute approximate surface area is 196 Å². The van der Waals surface area contributed by atoms with Crippen molar-refractivity contribution >= 4 is 46.5 Å². The molecule has 3 aromatic rings. The van der Waals surface area contributed by atoms with Gasteiger partial charge in [-0.3, -0.25) is 0 Å². The van der Waals surface area contributed by atoms with Gasteiger partial charge < -0.3 is 29.6 Å². The molecule has 32 heavy (non-hydrogen) atoms. The smallest absolute Gasteiger partial charge is 0.232 e. The highest BCUT2D eigenvalue weighted by Crippen LogP contribution is 2.38. The van der Waals surface area contributed by atoms with Crippen molar-refractivity contribution < 1.29 is 18.9 Å². The molecule has 2 N–H and O–H groups in total. The molecule has 0 saturated heterocycles. The van der Waals surface area contributed by atoms with Gasteiger partial charge in [-0.2, -0.15) is 15.0 Å². The summed E-state index contributed by atoms with van der Waals surface area (Å²) in [4.78, 5) is 13.4. The van der Waals surface area contributed by atoms with Crippen LogP contribution in [0.2, 0.25) is 10.0 Å². The molecule has 0 unspecified atom stereocenters. The molecule has 0 aliphatic carbocycles. The zero-order valence-electron chi connectivity index (χ0n) is 18.2. The summed E-state index contributed by atoms with van der Waals surface area (Å²) in [6.45, 7) is 1.95. The number of aryl methyl sites for hydroxylation is 1. The molecule has 0 spiro atoms. The molecule has 11 heteroatoms. The molecule has 0 amide bonds. The van der Waals surface area contributed by atoms with E-state index < -0.39 is 0 Å². The molecule has 0 aliphatic heterocycles. The average molecular weight is 480 g/mol. The Kier molecular flexibility index (Phi) is 7.66. The summed E-state index contributed by atoms with van der Waals surface area (Å²) in [5, 5.41) is 7.13. The summed E-state index contributed by atoms with van der Waals surface area (Å²) in [7, 11) is 6.15. The van der Waals surface area contributed by atoms with Crippen LogP contribution in [0.4, 0.5) is 23.3 Å². The Morgan fingerprint density at radius 2 is 1.06 bits per heavy atom. The molecule has 1 aromatic heterocycles. The van der Waals surface area contributed by atoms with Gasteiger partial charge in [0.1, 0.15) is 28.8 Å². The van der Waals surface area contributed by atoms with Gasteiger partial charge in [-0.1, -0.05) is 30.1 Å². The third-order valence-corrected chi connectivity index (χ3v) is 5.03. The van der Waals surface area contributed by atoms with Gasteiger partial charge in [-0.25, -0.2) is 0 Å². The highest BCUT2D eigenvalue weighted by atomic mass is 35.5. The van der Waals surface area contributed by atoms with Gasteiger partial charge >= 0.3 is 0 Å². The predicted octanol–water partition coefficient (Wildman–Crippen LogP) is 5.26. The van der Waals surface area contributed by atoms with Gasteiger partial charge in [0, 0.05) is 30.7 Å². The van der Waals surface area contributed by atoms with Crippen LogP contribution in [0.25, 0.3) is 0 Å². The van der Waals surface area contributed by atoms with Crippen molar-refractivity contribution in [1.82, 2.24) is 15.0 Å². The van der Waals surface area contributed by atoms with Crippen LogP contribution in [0.3, 0.4) is 0 Å². The van der Waals surface area contributed by atoms with Gasteiger partial charge in [0.05, 0.1) is 49.9 Å². The second-order valence-electron chi connectivity index (χ2n) is 6.38. The molecule has 0 bridgehead atoms. The third kappa shape index (κ3) is 5.17. The second-order valence-corrected chi connectivity index (χ2v) is 7.19. The Hall–Kier alpha value is -3.17. The number of benzene rings is 2. The Balaban J connectivity index is 1.99. The molecule has 0 saturated carbocycles. The minimum atomic E-state index is 0.307. The lowest BCUT2D eigenvalue weighted by Crippen LogP contribution is -2.08. The zero-order chi connectivity index (χ0) is 23.3. The van der Waals surface area contributed by atoms with E-state index in [1.807, 2.05) is 6.92 Å². The molecule has 0 fully saturated rings. The van der Waals surface area contributed by atoms with E-state index in [2.05, 4.69) is 25.6 Å². The molecule has 0 radical (unpaired) electrons.